The van der Waals surface area contributed by atoms with Crippen LogP contribution >= 0.6 is 11.8 Å². The van der Waals surface area contributed by atoms with Gasteiger partial charge in [0.25, 0.3) is 0 Å². The minimum absolute atomic E-state index is 0.0714. The van der Waals surface area contributed by atoms with Crippen molar-refractivity contribution in [3.8, 4) is 0 Å². The van der Waals surface area contributed by atoms with Crippen LogP contribution in [0.25, 0.3) is 0 Å². The van der Waals surface area contributed by atoms with Crippen molar-refractivity contribution in [3.05, 3.63) is 35.5 Å². The topological polar surface area (TPSA) is 38.1 Å². The summed E-state index contributed by atoms with van der Waals surface area (Å²) in [6, 6.07) is 2.29. The zero-order valence-corrected chi connectivity index (χ0v) is 15.7. The fourth-order valence-electron chi connectivity index (χ4n) is 2.35. The molecule has 0 spiro atoms. The largest absolute Gasteiger partial charge is 0.437 e. The first-order valence-electron chi connectivity index (χ1n) is 8.10. The summed E-state index contributed by atoms with van der Waals surface area (Å²) in [6.45, 7) is 5.52. The van der Waals surface area contributed by atoms with Gasteiger partial charge in [0.2, 0.25) is 6.41 Å². The van der Waals surface area contributed by atoms with Gasteiger partial charge in [0, 0.05) is 18.4 Å². The van der Waals surface area contributed by atoms with Gasteiger partial charge in [-0.05, 0) is 25.0 Å². The molecule has 0 fully saturated rings. The van der Waals surface area contributed by atoms with Crippen molar-refractivity contribution in [2.75, 3.05) is 10.7 Å². The van der Waals surface area contributed by atoms with Crippen molar-refractivity contribution in [1.82, 2.24) is 9.78 Å². The molecular formula is C17H18F5N3OS. The summed E-state index contributed by atoms with van der Waals surface area (Å²) in [4.78, 5) is 12.2. The van der Waals surface area contributed by atoms with Gasteiger partial charge >= 0.3 is 6.18 Å². The minimum Gasteiger partial charge on any atom is -0.278 e. The van der Waals surface area contributed by atoms with E-state index >= 15 is 0 Å². The standard InChI is InChI=1S/C17H18F5N3OS/c1-4-25-16(27-8-10(2)3)14(15(23-25)17(20,21)22)24(9-26)13-6-5-11(18)7-12(13)19/h5-7,9-10H,4,8H2,1-3H3. The Kier molecular flexibility index (Phi) is 6.50. The third-order valence-electron chi connectivity index (χ3n) is 3.52. The number of carbonyl (C=O) groups is 1. The summed E-state index contributed by atoms with van der Waals surface area (Å²) < 4.78 is 69.2. The van der Waals surface area contributed by atoms with Crippen molar-refractivity contribution in [3.63, 3.8) is 0 Å². The number of amides is 1. The van der Waals surface area contributed by atoms with E-state index in [9.17, 15) is 26.7 Å². The Labute approximate surface area is 157 Å². The SMILES string of the molecule is CCn1nc(C(F)(F)F)c(N(C=O)c2ccc(F)cc2F)c1SCC(C)C. The normalized spacial score (nSPS) is 11.9. The summed E-state index contributed by atoms with van der Waals surface area (Å²) >= 11 is 1.09. The molecule has 27 heavy (non-hydrogen) atoms. The van der Waals surface area contributed by atoms with E-state index in [0.717, 1.165) is 28.6 Å². The molecule has 1 aromatic heterocycles. The molecule has 0 unspecified atom stereocenters. The fraction of sp³-hybridized carbons (Fsp3) is 0.412. The Morgan fingerprint density at radius 2 is 1.96 bits per heavy atom. The number of rotatable bonds is 7. The first-order chi connectivity index (χ1) is 12.6. The number of carbonyl (C=O) groups excluding carboxylic acids is 1. The van der Waals surface area contributed by atoms with Crippen LogP contribution in [-0.4, -0.2) is 21.9 Å². The average molecular weight is 407 g/mol. The van der Waals surface area contributed by atoms with Crippen molar-refractivity contribution < 1.29 is 26.7 Å². The van der Waals surface area contributed by atoms with Gasteiger partial charge in [0.1, 0.15) is 22.3 Å². The van der Waals surface area contributed by atoms with Crippen molar-refractivity contribution in [2.45, 2.75) is 38.5 Å². The van der Waals surface area contributed by atoms with E-state index < -0.39 is 34.9 Å². The van der Waals surface area contributed by atoms with Crippen LogP contribution in [0.1, 0.15) is 26.5 Å². The van der Waals surface area contributed by atoms with Crippen molar-refractivity contribution in [2.24, 2.45) is 5.92 Å². The molecule has 0 aliphatic rings. The molecule has 0 aliphatic carbocycles. The van der Waals surface area contributed by atoms with Crippen LogP contribution in [0, 0.1) is 17.6 Å². The summed E-state index contributed by atoms with van der Waals surface area (Å²) in [6.07, 6.45) is -4.79. The zero-order valence-electron chi connectivity index (χ0n) is 14.8. The fourth-order valence-corrected chi connectivity index (χ4v) is 3.50. The van der Waals surface area contributed by atoms with Gasteiger partial charge in [-0.2, -0.15) is 18.3 Å². The van der Waals surface area contributed by atoms with E-state index in [1.54, 1.807) is 6.92 Å². The monoisotopic (exact) mass is 407 g/mol. The lowest BCUT2D eigenvalue weighted by molar-refractivity contribution is -0.141. The lowest BCUT2D eigenvalue weighted by atomic mass is 10.2. The molecule has 0 N–H and O–H groups in total. The molecular weight excluding hydrogens is 389 g/mol. The lowest BCUT2D eigenvalue weighted by Crippen LogP contribution is -2.20. The van der Waals surface area contributed by atoms with E-state index in [2.05, 4.69) is 5.10 Å². The second-order valence-corrected chi connectivity index (χ2v) is 7.10. The van der Waals surface area contributed by atoms with Gasteiger partial charge in [-0.15, -0.1) is 11.8 Å². The second-order valence-electron chi connectivity index (χ2n) is 6.09. The minimum atomic E-state index is -4.86. The van der Waals surface area contributed by atoms with E-state index in [0.29, 0.717) is 16.7 Å². The van der Waals surface area contributed by atoms with Gasteiger partial charge in [-0.25, -0.2) is 8.78 Å². The number of aryl methyl sites for hydroxylation is 1. The summed E-state index contributed by atoms with van der Waals surface area (Å²) in [5.41, 5.74) is -2.35. The quantitative estimate of drug-likeness (QED) is 0.358. The van der Waals surface area contributed by atoms with Crippen LogP contribution in [0.4, 0.5) is 33.3 Å². The Morgan fingerprint density at radius 1 is 1.30 bits per heavy atom. The number of thioether (sulfide) groups is 1. The predicted molar refractivity (Wildman–Crippen MR) is 93.0 cm³/mol. The smallest absolute Gasteiger partial charge is 0.278 e. The maximum atomic E-state index is 14.2. The number of hydrogen-bond donors (Lipinski definition) is 0. The molecule has 1 aromatic carbocycles. The molecule has 10 heteroatoms. The summed E-state index contributed by atoms with van der Waals surface area (Å²) in [5, 5.41) is 3.69. The number of aromatic nitrogens is 2. The summed E-state index contributed by atoms with van der Waals surface area (Å²) in [7, 11) is 0. The number of benzene rings is 1. The third kappa shape index (κ3) is 4.60. The van der Waals surface area contributed by atoms with Gasteiger partial charge in [-0.3, -0.25) is 14.4 Å². The van der Waals surface area contributed by atoms with Crippen molar-refractivity contribution in [1.29, 1.82) is 0 Å². The Hall–Kier alpha value is -2.10. The number of nitrogens with zero attached hydrogens (tertiary/aromatic N) is 3. The Morgan fingerprint density at radius 3 is 2.44 bits per heavy atom. The van der Waals surface area contributed by atoms with Crippen LogP contribution in [0.15, 0.2) is 23.2 Å². The van der Waals surface area contributed by atoms with Gasteiger partial charge in [-0.1, -0.05) is 13.8 Å². The zero-order chi connectivity index (χ0) is 20.4. The summed E-state index contributed by atoms with van der Waals surface area (Å²) in [5.74, 6) is -1.44. The molecule has 1 heterocycles. The molecule has 2 rings (SSSR count). The number of hydrogen-bond acceptors (Lipinski definition) is 3. The predicted octanol–water partition coefficient (Wildman–Crippen LogP) is 5.24. The number of halogens is 5. The highest BCUT2D eigenvalue weighted by Gasteiger charge is 2.42. The number of alkyl halides is 3. The molecule has 1 amide bonds. The Balaban J connectivity index is 2.72. The van der Waals surface area contributed by atoms with Gasteiger partial charge in [0.15, 0.2) is 5.69 Å². The highest BCUT2D eigenvalue weighted by molar-refractivity contribution is 7.99. The van der Waals surface area contributed by atoms with E-state index in [4.69, 9.17) is 0 Å². The molecule has 0 atom stereocenters. The first kappa shape index (κ1) is 21.2. The Bertz CT molecular complexity index is 820. The molecule has 0 radical (unpaired) electrons. The third-order valence-corrected chi connectivity index (χ3v) is 5.03. The first-order valence-corrected chi connectivity index (χ1v) is 9.09. The van der Waals surface area contributed by atoms with Crippen LogP contribution < -0.4 is 4.90 Å². The van der Waals surface area contributed by atoms with Crippen molar-refractivity contribution >= 4 is 29.5 Å². The number of anilines is 2. The van der Waals surface area contributed by atoms with Gasteiger partial charge in [0.05, 0.1) is 5.69 Å². The van der Waals surface area contributed by atoms with Crippen LogP contribution in [0.2, 0.25) is 0 Å². The maximum Gasteiger partial charge on any atom is 0.437 e. The molecule has 0 bridgehead atoms. The van der Waals surface area contributed by atoms with Crippen LogP contribution in [0.3, 0.4) is 0 Å². The molecule has 0 saturated carbocycles. The average Bonchev–Trinajstić information content (AvgIpc) is 2.94. The molecule has 0 saturated heterocycles. The van der Waals surface area contributed by atoms with E-state index in [-0.39, 0.29) is 23.9 Å². The molecule has 148 valence electrons. The van der Waals surface area contributed by atoms with E-state index in [1.807, 2.05) is 13.8 Å². The van der Waals surface area contributed by atoms with Crippen LogP contribution in [0.5, 0.6) is 0 Å². The highest BCUT2D eigenvalue weighted by atomic mass is 32.2. The second kappa shape index (κ2) is 8.28. The van der Waals surface area contributed by atoms with E-state index in [1.165, 1.54) is 0 Å². The lowest BCUT2D eigenvalue weighted by Gasteiger charge is -2.21. The maximum absolute atomic E-state index is 14.2. The molecule has 0 aliphatic heterocycles. The van der Waals surface area contributed by atoms with Gasteiger partial charge < -0.3 is 0 Å². The molecule has 2 aromatic rings. The van der Waals surface area contributed by atoms with Crippen LogP contribution in [-0.2, 0) is 17.5 Å². The highest BCUT2D eigenvalue weighted by Crippen LogP contribution is 2.44. The molecule has 4 nitrogen and oxygen atoms in total.